The lowest BCUT2D eigenvalue weighted by Gasteiger charge is -2.30. The maximum absolute atomic E-state index is 11.9. The number of aliphatic imine (C=N–C) groups is 1. The summed E-state index contributed by atoms with van der Waals surface area (Å²) in [4.78, 5) is 20.6. The van der Waals surface area contributed by atoms with Gasteiger partial charge in [0.25, 0.3) is 0 Å². The third-order valence-corrected chi connectivity index (χ3v) is 5.53. The number of methoxy groups -OCH3 is 2. The number of carbonyl (C=O) groups is 1. The van der Waals surface area contributed by atoms with E-state index in [2.05, 4.69) is 32.9 Å². The van der Waals surface area contributed by atoms with Crippen LogP contribution < -0.4 is 9.47 Å². The topological polar surface area (TPSA) is 54.4 Å². The average Bonchev–Trinajstić information content (AvgIpc) is 2.73. The van der Waals surface area contributed by atoms with Crippen molar-refractivity contribution < 1.29 is 14.3 Å². The Morgan fingerprint density at radius 1 is 1.03 bits per heavy atom. The molecule has 0 radical (unpaired) electrons. The molecule has 0 atom stereocenters. The molecule has 164 valence electrons. The van der Waals surface area contributed by atoms with E-state index in [1.54, 1.807) is 19.1 Å². The first kappa shape index (κ1) is 22.4. The zero-order valence-corrected chi connectivity index (χ0v) is 19.4. The Labute approximate surface area is 184 Å². The zero-order valence-electron chi connectivity index (χ0n) is 19.4. The molecule has 0 fully saturated rings. The van der Waals surface area contributed by atoms with Crippen LogP contribution in [-0.4, -0.2) is 56.9 Å². The highest BCUT2D eigenvalue weighted by molar-refractivity contribution is 6.02. The minimum Gasteiger partial charge on any atom is -0.493 e. The third kappa shape index (κ3) is 4.58. The second kappa shape index (κ2) is 9.25. The second-order valence-electron chi connectivity index (χ2n) is 8.05. The van der Waals surface area contributed by atoms with Crippen LogP contribution in [-0.2, 0) is 11.2 Å². The van der Waals surface area contributed by atoms with Crippen LogP contribution in [0.3, 0.4) is 0 Å². The minimum absolute atomic E-state index is 0.598. The van der Waals surface area contributed by atoms with E-state index in [-0.39, 0.29) is 0 Å². The van der Waals surface area contributed by atoms with Crippen molar-refractivity contribution in [2.75, 3.05) is 34.9 Å². The van der Waals surface area contributed by atoms with E-state index < -0.39 is 0 Å². The van der Waals surface area contributed by atoms with Crippen LogP contribution >= 0.6 is 0 Å². The van der Waals surface area contributed by atoms with E-state index in [1.807, 2.05) is 37.2 Å². The van der Waals surface area contributed by atoms with Crippen LogP contribution in [0.15, 0.2) is 35.3 Å². The number of hydrogen-bond donors (Lipinski definition) is 0. The lowest BCUT2D eigenvalue weighted by Crippen LogP contribution is -2.30. The maximum atomic E-state index is 11.9. The summed E-state index contributed by atoms with van der Waals surface area (Å²) in [5, 5.41) is 0. The fourth-order valence-electron chi connectivity index (χ4n) is 4.00. The molecule has 0 saturated carbocycles. The quantitative estimate of drug-likeness (QED) is 0.411. The van der Waals surface area contributed by atoms with E-state index in [4.69, 9.17) is 14.5 Å². The van der Waals surface area contributed by atoms with Crippen molar-refractivity contribution in [2.45, 2.75) is 27.2 Å². The van der Waals surface area contributed by atoms with Gasteiger partial charge in [-0.15, -0.1) is 0 Å². The Balaban J connectivity index is 2.20. The molecule has 0 N–H and O–H groups in total. The van der Waals surface area contributed by atoms with Gasteiger partial charge in [0.1, 0.15) is 5.84 Å². The molecule has 0 unspecified atom stereocenters. The highest BCUT2D eigenvalue weighted by Gasteiger charge is 2.24. The molecular formula is C25H31N3O3. The number of carbonyl (C=O) groups excluding carboxylic acids is 1. The van der Waals surface area contributed by atoms with Crippen molar-refractivity contribution in [1.29, 1.82) is 0 Å². The van der Waals surface area contributed by atoms with Gasteiger partial charge in [0.15, 0.2) is 11.5 Å². The first-order chi connectivity index (χ1) is 14.8. The highest BCUT2D eigenvalue weighted by Crippen LogP contribution is 2.37. The average molecular weight is 422 g/mol. The van der Waals surface area contributed by atoms with E-state index in [9.17, 15) is 4.79 Å². The standard InChI is InChI=1S/C25H31N3O3/c1-16-10-17(2)25(18(3)11-16)26-24(27(4)5)14-21-20-13-23(31-7)22(30-6)12-19(20)8-9-28(21)15-29/h10-15H,8-9H2,1-7H3/b21-14-,26-24?. The molecule has 1 amide bonds. The number of nitrogens with zero attached hydrogens (tertiary/aromatic N) is 3. The van der Waals surface area contributed by atoms with E-state index >= 15 is 0 Å². The number of aryl methyl sites for hydroxylation is 3. The summed E-state index contributed by atoms with van der Waals surface area (Å²) in [6.07, 6.45) is 3.59. The van der Waals surface area contributed by atoms with Gasteiger partial charge >= 0.3 is 0 Å². The fourth-order valence-corrected chi connectivity index (χ4v) is 4.00. The Hall–Kier alpha value is -3.28. The molecule has 1 heterocycles. The fraction of sp³-hybridized carbons (Fsp3) is 0.360. The Kier molecular flexibility index (Phi) is 6.68. The van der Waals surface area contributed by atoms with Gasteiger partial charge in [-0.3, -0.25) is 4.79 Å². The van der Waals surface area contributed by atoms with Gasteiger partial charge in [-0.2, -0.15) is 0 Å². The summed E-state index contributed by atoms with van der Waals surface area (Å²) in [5.74, 6) is 2.08. The number of rotatable bonds is 5. The Morgan fingerprint density at radius 2 is 1.65 bits per heavy atom. The van der Waals surface area contributed by atoms with Crippen LogP contribution in [0.2, 0.25) is 0 Å². The van der Waals surface area contributed by atoms with Gasteiger partial charge in [-0.25, -0.2) is 4.99 Å². The first-order valence-electron chi connectivity index (χ1n) is 10.3. The molecule has 0 aromatic heterocycles. The van der Waals surface area contributed by atoms with Crippen LogP contribution in [0.5, 0.6) is 11.5 Å². The Morgan fingerprint density at radius 3 is 2.19 bits per heavy atom. The number of likely N-dealkylation sites (N-methyl/N-ethyl adjacent to an activating group) is 1. The number of amidine groups is 1. The largest absolute Gasteiger partial charge is 0.493 e. The molecule has 2 aromatic carbocycles. The summed E-state index contributed by atoms with van der Waals surface area (Å²) >= 11 is 0. The van der Waals surface area contributed by atoms with E-state index in [1.165, 1.54) is 5.56 Å². The molecule has 1 aliphatic heterocycles. The molecule has 1 aliphatic rings. The second-order valence-corrected chi connectivity index (χ2v) is 8.05. The van der Waals surface area contributed by atoms with E-state index in [0.29, 0.717) is 18.0 Å². The summed E-state index contributed by atoms with van der Waals surface area (Å²) in [5.41, 5.74) is 7.27. The predicted octanol–water partition coefficient (Wildman–Crippen LogP) is 4.28. The van der Waals surface area contributed by atoms with Crippen molar-refractivity contribution >= 4 is 23.6 Å². The maximum Gasteiger partial charge on any atom is 0.214 e. The number of hydrogen-bond acceptors (Lipinski definition) is 4. The molecule has 6 nitrogen and oxygen atoms in total. The van der Waals surface area contributed by atoms with Gasteiger partial charge in [0.2, 0.25) is 6.41 Å². The van der Waals surface area contributed by atoms with Gasteiger partial charge in [0, 0.05) is 32.3 Å². The predicted molar refractivity (Wildman–Crippen MR) is 125 cm³/mol. The molecule has 31 heavy (non-hydrogen) atoms. The lowest BCUT2D eigenvalue weighted by atomic mass is 9.95. The smallest absolute Gasteiger partial charge is 0.214 e. The number of amides is 1. The molecule has 6 heteroatoms. The van der Waals surface area contributed by atoms with Crippen molar-refractivity contribution in [3.05, 3.63) is 58.2 Å². The number of benzene rings is 2. The van der Waals surface area contributed by atoms with Gasteiger partial charge in [-0.1, -0.05) is 17.7 Å². The monoisotopic (exact) mass is 421 g/mol. The molecule has 0 spiro atoms. The van der Waals surface area contributed by atoms with Crippen molar-refractivity contribution in [1.82, 2.24) is 9.80 Å². The lowest BCUT2D eigenvalue weighted by molar-refractivity contribution is -0.115. The summed E-state index contributed by atoms with van der Waals surface area (Å²) in [6.45, 7) is 6.83. The molecule has 3 rings (SSSR count). The van der Waals surface area contributed by atoms with Crippen LogP contribution in [0.25, 0.3) is 5.70 Å². The van der Waals surface area contributed by atoms with Crippen molar-refractivity contribution in [3.63, 3.8) is 0 Å². The van der Waals surface area contributed by atoms with Gasteiger partial charge in [-0.05, 0) is 56.0 Å². The van der Waals surface area contributed by atoms with Crippen LogP contribution in [0, 0.1) is 20.8 Å². The SMILES string of the molecule is COc1cc2c(cc1OC)/C(=C/C(=Nc1c(C)cc(C)cc1C)N(C)C)N(C=O)CC2. The minimum atomic E-state index is 0.598. The van der Waals surface area contributed by atoms with Gasteiger partial charge in [0.05, 0.1) is 25.6 Å². The molecule has 0 aliphatic carbocycles. The first-order valence-corrected chi connectivity index (χ1v) is 10.3. The molecule has 0 saturated heterocycles. The van der Waals surface area contributed by atoms with Crippen molar-refractivity contribution in [2.24, 2.45) is 4.99 Å². The summed E-state index contributed by atoms with van der Waals surface area (Å²) in [7, 11) is 7.16. The highest BCUT2D eigenvalue weighted by atomic mass is 16.5. The summed E-state index contributed by atoms with van der Waals surface area (Å²) in [6, 6.07) is 8.20. The number of ether oxygens (including phenoxy) is 2. The normalized spacial score (nSPS) is 15.0. The molecular weight excluding hydrogens is 390 g/mol. The van der Waals surface area contributed by atoms with Gasteiger partial charge < -0.3 is 19.3 Å². The summed E-state index contributed by atoms with van der Waals surface area (Å²) < 4.78 is 11.0. The van der Waals surface area contributed by atoms with E-state index in [0.717, 1.165) is 52.3 Å². The van der Waals surface area contributed by atoms with Crippen molar-refractivity contribution in [3.8, 4) is 11.5 Å². The Bertz CT molecular complexity index is 1030. The molecule has 2 aromatic rings. The zero-order chi connectivity index (χ0) is 22.7. The number of fused-ring (bicyclic) bond motifs is 1. The molecule has 0 bridgehead atoms. The van der Waals surface area contributed by atoms with Crippen LogP contribution in [0.4, 0.5) is 5.69 Å². The third-order valence-electron chi connectivity index (χ3n) is 5.53. The van der Waals surface area contributed by atoms with Crippen LogP contribution in [0.1, 0.15) is 27.8 Å².